The minimum Gasteiger partial charge on any atom is -0.445 e. The highest BCUT2D eigenvalue weighted by Gasteiger charge is 2.31. The minimum atomic E-state index is -4.26. The molecule has 66 heavy (non-hydrogen) atoms. The number of amides is 2. The van der Waals surface area contributed by atoms with Gasteiger partial charge in [0, 0.05) is 39.3 Å². The van der Waals surface area contributed by atoms with Crippen molar-refractivity contribution >= 4 is 85.1 Å². The standard InChI is InChI=1S/C22H23F3N4O2S.C14H20N2O2.C8H4ClF3N2S.ClH/c23-22(24,25)11-17-10-18-19(26-13-27-20(18)32-17)28-15-7-4-8-16(9-15)29-21(30)31-12-14-5-2-1-3-6-14;15-12-7-4-8-13(9-12)16-14(17)18-10-11-5-2-1-3-6-11;9-6-5-1-4(2-8(10,11)12)15-7(5)14-3-13-6;/h1-3,5-6,10,13,15-16H,4,7-9,11-12H2,(H,29,30)(H,26,27,28);1-3,5-6,12-13H,4,7-10,15H2,(H,16,17);1,3H,2H2;1H/t15-,16+;12-,13+;;/m11../s1. The molecule has 0 aliphatic heterocycles. The summed E-state index contributed by atoms with van der Waals surface area (Å²) >= 11 is 7.73. The number of hydrogen-bond acceptors (Lipinski definition) is 12. The number of alkyl halides is 6. The maximum atomic E-state index is 12.8. The third-order valence-electron chi connectivity index (χ3n) is 10.3. The van der Waals surface area contributed by atoms with Crippen molar-refractivity contribution < 1.29 is 45.4 Å². The number of thiophene rings is 2. The van der Waals surface area contributed by atoms with E-state index in [2.05, 4.69) is 35.9 Å². The summed E-state index contributed by atoms with van der Waals surface area (Å²) < 4.78 is 85.1. The van der Waals surface area contributed by atoms with Crippen LogP contribution in [0.5, 0.6) is 0 Å². The van der Waals surface area contributed by atoms with Gasteiger partial charge in [-0.25, -0.2) is 29.5 Å². The molecule has 2 aliphatic carbocycles. The highest BCUT2D eigenvalue weighted by molar-refractivity contribution is 7.19. The summed E-state index contributed by atoms with van der Waals surface area (Å²) in [5, 5.41) is 10.4. The smallest absolute Gasteiger partial charge is 0.407 e. The molecule has 0 saturated heterocycles. The monoisotopic (exact) mass is 1000 g/mol. The lowest BCUT2D eigenvalue weighted by molar-refractivity contribution is -0.127. The van der Waals surface area contributed by atoms with E-state index in [1.165, 1.54) is 24.8 Å². The molecule has 2 fully saturated rings. The molecule has 4 heterocycles. The molecule has 2 saturated carbocycles. The predicted octanol–water partition coefficient (Wildman–Crippen LogP) is 11.5. The van der Waals surface area contributed by atoms with Crippen LogP contribution in [-0.2, 0) is 35.5 Å². The van der Waals surface area contributed by atoms with Gasteiger partial charge in [0.25, 0.3) is 0 Å². The predicted molar refractivity (Wildman–Crippen MR) is 246 cm³/mol. The summed E-state index contributed by atoms with van der Waals surface area (Å²) in [7, 11) is 0. The highest BCUT2D eigenvalue weighted by atomic mass is 35.5. The van der Waals surface area contributed by atoms with Gasteiger partial charge in [0.2, 0.25) is 0 Å². The van der Waals surface area contributed by atoms with E-state index < -0.39 is 31.3 Å². The molecule has 2 aromatic carbocycles. The van der Waals surface area contributed by atoms with Gasteiger partial charge in [-0.1, -0.05) is 72.3 Å². The van der Waals surface area contributed by atoms with E-state index in [0.29, 0.717) is 39.3 Å². The number of fused-ring (bicyclic) bond motifs is 2. The fourth-order valence-electron chi connectivity index (χ4n) is 7.33. The zero-order valence-electron chi connectivity index (χ0n) is 35.2. The van der Waals surface area contributed by atoms with Crippen LogP contribution in [0.3, 0.4) is 0 Å². The number of hydrogen-bond donors (Lipinski definition) is 4. The van der Waals surface area contributed by atoms with E-state index in [-0.39, 0.29) is 64.2 Å². The van der Waals surface area contributed by atoms with E-state index in [0.717, 1.165) is 78.7 Å². The van der Waals surface area contributed by atoms with Crippen molar-refractivity contribution in [2.75, 3.05) is 5.32 Å². The summed E-state index contributed by atoms with van der Waals surface area (Å²) in [4.78, 5) is 41.1. The third-order valence-corrected chi connectivity index (χ3v) is 12.6. The van der Waals surface area contributed by atoms with E-state index in [1.807, 2.05) is 60.7 Å². The van der Waals surface area contributed by atoms with Crippen LogP contribution in [0.15, 0.2) is 85.5 Å². The lowest BCUT2D eigenvalue weighted by atomic mass is 9.91. The van der Waals surface area contributed by atoms with Crippen LogP contribution < -0.4 is 21.7 Å². The number of nitrogens with zero attached hydrogens (tertiary/aromatic N) is 4. The maximum absolute atomic E-state index is 12.8. The molecular weight excluding hydrogens is 954 g/mol. The molecular formula is C44H48Cl2F6N8O4S2. The number of aromatic nitrogens is 4. The molecule has 4 atom stereocenters. The summed E-state index contributed by atoms with van der Waals surface area (Å²) in [6, 6.07) is 22.4. The van der Waals surface area contributed by atoms with Crippen LogP contribution in [0.25, 0.3) is 20.4 Å². The zero-order chi connectivity index (χ0) is 46.4. The Morgan fingerprint density at radius 1 is 0.667 bits per heavy atom. The van der Waals surface area contributed by atoms with Crippen LogP contribution in [0.2, 0.25) is 5.15 Å². The first-order valence-electron chi connectivity index (χ1n) is 20.8. The van der Waals surface area contributed by atoms with Gasteiger partial charge >= 0.3 is 24.5 Å². The number of alkyl carbamates (subject to hydrolysis) is 2. The molecule has 0 bridgehead atoms. The fourth-order valence-corrected chi connectivity index (χ4v) is 9.63. The quantitative estimate of drug-likeness (QED) is 0.0766. The molecule has 0 unspecified atom stereocenters. The van der Waals surface area contributed by atoms with Gasteiger partial charge in [-0.15, -0.1) is 35.1 Å². The second-order valence-electron chi connectivity index (χ2n) is 15.6. The Morgan fingerprint density at radius 3 is 1.65 bits per heavy atom. The van der Waals surface area contributed by atoms with E-state index in [9.17, 15) is 35.9 Å². The van der Waals surface area contributed by atoms with Gasteiger partial charge in [0.1, 0.15) is 46.5 Å². The van der Waals surface area contributed by atoms with Gasteiger partial charge < -0.3 is 31.2 Å². The van der Waals surface area contributed by atoms with Crippen LogP contribution in [0.1, 0.15) is 72.2 Å². The van der Waals surface area contributed by atoms with Gasteiger partial charge in [-0.3, -0.25) is 0 Å². The van der Waals surface area contributed by atoms with Gasteiger partial charge in [0.15, 0.2) is 0 Å². The summed E-state index contributed by atoms with van der Waals surface area (Å²) in [5.74, 6) is 0.525. The number of rotatable bonds is 10. The van der Waals surface area contributed by atoms with Gasteiger partial charge in [-0.05, 0) is 74.6 Å². The molecule has 356 valence electrons. The van der Waals surface area contributed by atoms with Crippen molar-refractivity contribution in [2.45, 2.75) is 114 Å². The van der Waals surface area contributed by atoms with Crippen LogP contribution >= 0.6 is 46.7 Å². The van der Waals surface area contributed by atoms with Crippen molar-refractivity contribution in [1.29, 1.82) is 0 Å². The number of benzene rings is 2. The first-order valence-corrected chi connectivity index (χ1v) is 22.8. The zero-order valence-corrected chi connectivity index (χ0v) is 38.5. The minimum absolute atomic E-state index is 0. The Morgan fingerprint density at radius 2 is 1.14 bits per heavy atom. The number of nitrogens with one attached hydrogen (secondary N) is 3. The number of carbonyl (C=O) groups is 2. The third kappa shape index (κ3) is 17.3. The Balaban J connectivity index is 0.000000203. The molecule has 2 aliphatic rings. The fraction of sp³-hybridized carbons (Fsp3) is 0.409. The second-order valence-corrected chi connectivity index (χ2v) is 18.2. The summed E-state index contributed by atoms with van der Waals surface area (Å²) in [5.41, 5.74) is 7.78. The van der Waals surface area contributed by atoms with Crippen LogP contribution in [0.4, 0.5) is 41.7 Å². The summed E-state index contributed by atoms with van der Waals surface area (Å²) in [6.45, 7) is 0.518. The summed E-state index contributed by atoms with van der Waals surface area (Å²) in [6.07, 6.45) is -1.36. The van der Waals surface area contributed by atoms with E-state index >= 15 is 0 Å². The molecule has 6 aromatic rings. The number of ether oxygens (including phenoxy) is 2. The first-order chi connectivity index (χ1) is 31.0. The second kappa shape index (κ2) is 24.7. The van der Waals surface area contributed by atoms with Crippen molar-refractivity contribution in [3.63, 3.8) is 0 Å². The lowest BCUT2D eigenvalue weighted by Crippen LogP contribution is -2.42. The number of halogens is 8. The Kier molecular flexibility index (Phi) is 19.4. The average Bonchev–Trinajstić information content (AvgIpc) is 3.86. The maximum Gasteiger partial charge on any atom is 0.407 e. The number of nitrogens with two attached hydrogens (primary N) is 1. The molecule has 4 aromatic heterocycles. The van der Waals surface area contributed by atoms with Crippen molar-refractivity contribution in [1.82, 2.24) is 30.6 Å². The lowest BCUT2D eigenvalue weighted by Gasteiger charge is -2.30. The van der Waals surface area contributed by atoms with Crippen molar-refractivity contribution in [3.05, 3.63) is 111 Å². The van der Waals surface area contributed by atoms with Crippen molar-refractivity contribution in [3.8, 4) is 0 Å². The molecule has 2 amide bonds. The largest absolute Gasteiger partial charge is 0.445 e. The van der Waals surface area contributed by atoms with Gasteiger partial charge in [-0.2, -0.15) is 26.3 Å². The Hall–Kier alpha value is -5.02. The van der Waals surface area contributed by atoms with E-state index in [4.69, 9.17) is 26.8 Å². The topological polar surface area (TPSA) is 166 Å². The molecule has 22 heteroatoms. The average molecular weight is 1000 g/mol. The van der Waals surface area contributed by atoms with Gasteiger partial charge in [0.05, 0.1) is 18.2 Å². The first kappa shape index (κ1) is 52.0. The van der Waals surface area contributed by atoms with E-state index in [1.54, 1.807) is 0 Å². The van der Waals surface area contributed by atoms with Crippen LogP contribution in [-0.4, -0.2) is 68.6 Å². The molecule has 12 nitrogen and oxygen atoms in total. The Bertz CT molecular complexity index is 2450. The van der Waals surface area contributed by atoms with Crippen LogP contribution in [0, 0.1) is 0 Å². The molecule has 8 rings (SSSR count). The SMILES string of the molecule is Cl.FC(F)(F)Cc1cc2c(Cl)ncnc2s1.N[C@@H]1CCC[C@H](NC(=O)OCc2ccccc2)C1.O=C(N[C@H]1CCC[C@@H](Nc2ncnc3sc(CC(F)(F)F)cc23)C1)OCc1ccccc1. The Labute approximate surface area is 395 Å². The molecule has 0 spiro atoms. The number of carbonyl (C=O) groups excluding carboxylic acids is 2. The highest BCUT2D eigenvalue weighted by Crippen LogP contribution is 2.34. The molecule has 5 N–H and O–H groups in total. The normalized spacial score (nSPS) is 18.4. The number of anilines is 1. The van der Waals surface area contributed by atoms with Crippen molar-refractivity contribution in [2.24, 2.45) is 5.73 Å². The molecule has 0 radical (unpaired) electrons.